The summed E-state index contributed by atoms with van der Waals surface area (Å²) >= 11 is 0. The first-order chi connectivity index (χ1) is 9.98. The van der Waals surface area contributed by atoms with Gasteiger partial charge in [0.25, 0.3) is 0 Å². The molecule has 1 unspecified atom stereocenters. The number of hydrogen-bond donors (Lipinski definition) is 0. The summed E-state index contributed by atoms with van der Waals surface area (Å²) in [6.07, 6.45) is 6.49. The molecule has 3 nitrogen and oxygen atoms in total. The van der Waals surface area contributed by atoms with E-state index in [1.54, 1.807) is 0 Å². The third kappa shape index (κ3) is 5.51. The van der Waals surface area contributed by atoms with Crippen LogP contribution < -0.4 is 4.74 Å². The van der Waals surface area contributed by atoms with Crippen LogP contribution in [0.25, 0.3) is 0 Å². The fraction of sp³-hybridized carbons (Fsp3) is 0.625. The molecule has 0 aliphatic heterocycles. The molecule has 0 bridgehead atoms. The highest BCUT2D eigenvalue weighted by molar-refractivity contribution is 8.13. The van der Waals surface area contributed by atoms with Crippen molar-refractivity contribution in [3.63, 3.8) is 0 Å². The van der Waals surface area contributed by atoms with E-state index < -0.39 is 9.05 Å². The Morgan fingerprint density at radius 1 is 1.24 bits per heavy atom. The van der Waals surface area contributed by atoms with Crippen LogP contribution in [-0.2, 0) is 21.9 Å². The van der Waals surface area contributed by atoms with Crippen LogP contribution in [0, 0.1) is 5.92 Å². The first kappa shape index (κ1) is 16.6. The van der Waals surface area contributed by atoms with Gasteiger partial charge >= 0.3 is 0 Å². The molecule has 2 rings (SSSR count). The molecule has 5 heteroatoms. The lowest BCUT2D eigenvalue weighted by atomic mass is 9.92. The molecule has 0 aromatic heterocycles. The third-order valence-corrected chi connectivity index (χ3v) is 5.18. The Morgan fingerprint density at radius 3 is 2.62 bits per heavy atom. The topological polar surface area (TPSA) is 43.4 Å². The second-order valence-electron chi connectivity index (χ2n) is 5.81. The van der Waals surface area contributed by atoms with Crippen molar-refractivity contribution in [1.29, 1.82) is 0 Å². The average molecular weight is 331 g/mol. The van der Waals surface area contributed by atoms with Gasteiger partial charge in [-0.2, -0.15) is 0 Å². The summed E-state index contributed by atoms with van der Waals surface area (Å²) in [7, 11) is 1.88. The van der Waals surface area contributed by atoms with Gasteiger partial charge in [0, 0.05) is 16.6 Å². The molecule has 1 aromatic rings. The van der Waals surface area contributed by atoms with Crippen molar-refractivity contribution in [1.82, 2.24) is 0 Å². The molecule has 1 atom stereocenters. The highest BCUT2D eigenvalue weighted by Crippen LogP contribution is 2.26. The van der Waals surface area contributed by atoms with Gasteiger partial charge in [-0.25, -0.2) is 8.42 Å². The van der Waals surface area contributed by atoms with Gasteiger partial charge in [0.2, 0.25) is 9.05 Å². The van der Waals surface area contributed by atoms with Crippen LogP contribution in [0.1, 0.15) is 43.7 Å². The Balaban J connectivity index is 1.97. The van der Waals surface area contributed by atoms with Crippen molar-refractivity contribution in [2.75, 3.05) is 12.4 Å². The van der Waals surface area contributed by atoms with Crippen LogP contribution in [0.2, 0.25) is 0 Å². The second kappa shape index (κ2) is 7.50. The van der Waals surface area contributed by atoms with Gasteiger partial charge in [-0.05, 0) is 55.4 Å². The lowest BCUT2D eigenvalue weighted by Gasteiger charge is -2.19. The molecule has 1 aromatic carbocycles. The zero-order valence-electron chi connectivity index (χ0n) is 12.5. The Kier molecular flexibility index (Phi) is 5.94. The molecule has 0 spiro atoms. The summed E-state index contributed by atoms with van der Waals surface area (Å²) < 4.78 is 28.3. The highest BCUT2D eigenvalue weighted by Gasteiger charge is 2.18. The van der Waals surface area contributed by atoms with E-state index in [4.69, 9.17) is 15.4 Å². The minimum atomic E-state index is -3.47. The molecule has 0 saturated carbocycles. The van der Waals surface area contributed by atoms with Crippen molar-refractivity contribution in [2.45, 2.75) is 45.4 Å². The smallest absolute Gasteiger partial charge is 0.232 e. The van der Waals surface area contributed by atoms with E-state index in [2.05, 4.69) is 12.1 Å². The van der Waals surface area contributed by atoms with Gasteiger partial charge in [-0.3, -0.25) is 0 Å². The van der Waals surface area contributed by atoms with Gasteiger partial charge in [0.15, 0.2) is 0 Å². The molecular weight excluding hydrogens is 308 g/mol. The molecule has 118 valence electrons. The van der Waals surface area contributed by atoms with Crippen LogP contribution in [0.15, 0.2) is 18.2 Å². The number of hydrogen-bond acceptors (Lipinski definition) is 3. The van der Waals surface area contributed by atoms with E-state index in [9.17, 15) is 8.42 Å². The molecule has 1 aliphatic carbocycles. The molecule has 0 N–H and O–H groups in total. The lowest BCUT2D eigenvalue weighted by Crippen LogP contribution is -2.19. The number of aryl methyl sites for hydroxylation is 2. The molecule has 21 heavy (non-hydrogen) atoms. The maximum absolute atomic E-state index is 11.2. The Labute approximate surface area is 132 Å². The zero-order valence-corrected chi connectivity index (χ0v) is 14.0. The summed E-state index contributed by atoms with van der Waals surface area (Å²) in [5.41, 5.74) is 2.79. The molecule has 0 heterocycles. The minimum absolute atomic E-state index is 0.0205. The predicted octanol–water partition coefficient (Wildman–Crippen LogP) is 3.93. The van der Waals surface area contributed by atoms with Gasteiger partial charge in [-0.1, -0.05) is 19.4 Å². The van der Waals surface area contributed by atoms with Crippen molar-refractivity contribution in [3.05, 3.63) is 29.3 Å². The lowest BCUT2D eigenvalue weighted by molar-refractivity contribution is 0.252. The predicted molar refractivity (Wildman–Crippen MR) is 86.6 cm³/mol. The summed E-state index contributed by atoms with van der Waals surface area (Å²) in [5.74, 6) is 0.769. The highest BCUT2D eigenvalue weighted by atomic mass is 35.7. The standard InChI is InChI=1S/C16H23ClO3S/c1-2-5-13(12-21(17,18)19)11-20-16-9-8-14-6-3-4-7-15(14)10-16/h8-10,13H,2-7,11-12H2,1H3. The van der Waals surface area contributed by atoms with Gasteiger partial charge in [0.05, 0.1) is 12.4 Å². The van der Waals surface area contributed by atoms with E-state index in [1.165, 1.54) is 24.0 Å². The number of fused-ring (bicyclic) bond motifs is 1. The number of halogens is 1. The average Bonchev–Trinajstić information content (AvgIpc) is 2.43. The molecule has 0 amide bonds. The quantitative estimate of drug-likeness (QED) is 0.711. The monoisotopic (exact) mass is 330 g/mol. The molecule has 0 radical (unpaired) electrons. The Hall–Kier alpha value is -0.740. The first-order valence-corrected chi connectivity index (χ1v) is 10.1. The Morgan fingerprint density at radius 2 is 1.95 bits per heavy atom. The van der Waals surface area contributed by atoms with Gasteiger partial charge in [0.1, 0.15) is 5.75 Å². The fourth-order valence-electron chi connectivity index (χ4n) is 2.92. The maximum Gasteiger partial charge on any atom is 0.232 e. The van der Waals surface area contributed by atoms with E-state index in [1.807, 2.05) is 13.0 Å². The van der Waals surface area contributed by atoms with Crippen molar-refractivity contribution < 1.29 is 13.2 Å². The van der Waals surface area contributed by atoms with Crippen LogP contribution in [0.4, 0.5) is 0 Å². The third-order valence-electron chi connectivity index (χ3n) is 3.94. The number of rotatable bonds is 7. The zero-order chi connectivity index (χ0) is 15.3. The van der Waals surface area contributed by atoms with Crippen LogP contribution in [-0.4, -0.2) is 20.8 Å². The minimum Gasteiger partial charge on any atom is -0.493 e. The summed E-state index contributed by atoms with van der Waals surface area (Å²) in [6, 6.07) is 6.23. The molecule has 0 saturated heterocycles. The number of ether oxygens (including phenoxy) is 1. The van der Waals surface area contributed by atoms with Crippen molar-refractivity contribution >= 4 is 19.7 Å². The summed E-state index contributed by atoms with van der Waals surface area (Å²) in [6.45, 7) is 2.44. The largest absolute Gasteiger partial charge is 0.493 e. The molecule has 1 aliphatic rings. The van der Waals surface area contributed by atoms with E-state index in [-0.39, 0.29) is 11.7 Å². The summed E-state index contributed by atoms with van der Waals surface area (Å²) in [5, 5.41) is 0. The van der Waals surface area contributed by atoms with Gasteiger partial charge < -0.3 is 4.74 Å². The first-order valence-electron chi connectivity index (χ1n) is 7.65. The van der Waals surface area contributed by atoms with Gasteiger partial charge in [-0.15, -0.1) is 0 Å². The molecular formula is C16H23ClO3S. The van der Waals surface area contributed by atoms with Crippen LogP contribution in [0.3, 0.4) is 0 Å². The normalized spacial score (nSPS) is 16.3. The second-order valence-corrected chi connectivity index (χ2v) is 8.63. The van der Waals surface area contributed by atoms with Crippen LogP contribution >= 0.6 is 10.7 Å². The SMILES string of the molecule is CCCC(COc1ccc2c(c1)CCCC2)CS(=O)(=O)Cl. The fourth-order valence-corrected chi connectivity index (χ4v) is 4.28. The summed E-state index contributed by atoms with van der Waals surface area (Å²) in [4.78, 5) is 0. The van der Waals surface area contributed by atoms with Crippen molar-refractivity contribution in [2.24, 2.45) is 5.92 Å². The van der Waals surface area contributed by atoms with E-state index >= 15 is 0 Å². The van der Waals surface area contributed by atoms with E-state index in [0.29, 0.717) is 6.61 Å². The Bertz CT molecular complexity index is 569. The van der Waals surface area contributed by atoms with Crippen LogP contribution in [0.5, 0.6) is 5.75 Å². The van der Waals surface area contributed by atoms with Crippen molar-refractivity contribution in [3.8, 4) is 5.75 Å². The van der Waals surface area contributed by atoms with E-state index in [0.717, 1.165) is 31.4 Å². The number of benzene rings is 1. The molecule has 0 fully saturated rings. The maximum atomic E-state index is 11.2.